The quantitative estimate of drug-likeness (QED) is 0.906. The van der Waals surface area contributed by atoms with Gasteiger partial charge in [0.2, 0.25) is 0 Å². The Bertz CT molecular complexity index is 652. The van der Waals surface area contributed by atoms with E-state index in [1.54, 1.807) is 0 Å². The van der Waals surface area contributed by atoms with Crippen LogP contribution in [0.2, 0.25) is 0 Å². The van der Waals surface area contributed by atoms with Gasteiger partial charge >= 0.3 is 6.03 Å². The average molecular weight is 282 g/mol. The van der Waals surface area contributed by atoms with Gasteiger partial charge in [0.1, 0.15) is 0 Å². The molecule has 0 radical (unpaired) electrons. The number of urea groups is 1. The maximum Gasteiger partial charge on any atom is 0.318 e. The van der Waals surface area contributed by atoms with Gasteiger partial charge in [-0.15, -0.1) is 0 Å². The fraction of sp³-hybridized carbons (Fsp3) is 0.389. The summed E-state index contributed by atoms with van der Waals surface area (Å²) in [5.41, 5.74) is 1.08. The van der Waals surface area contributed by atoms with Crippen molar-refractivity contribution >= 4 is 16.8 Å². The van der Waals surface area contributed by atoms with Crippen LogP contribution >= 0.6 is 0 Å². The molecule has 0 heterocycles. The van der Waals surface area contributed by atoms with Gasteiger partial charge in [-0.1, -0.05) is 42.5 Å². The lowest BCUT2D eigenvalue weighted by atomic mass is 9.97. The van der Waals surface area contributed by atoms with Crippen molar-refractivity contribution in [2.45, 2.75) is 32.2 Å². The summed E-state index contributed by atoms with van der Waals surface area (Å²) in [4.78, 5) is 14.2. The molecule has 0 unspecified atom stereocenters. The minimum Gasteiger partial charge on any atom is -0.328 e. The first-order chi connectivity index (χ1) is 10.2. The van der Waals surface area contributed by atoms with Crippen molar-refractivity contribution in [3.8, 4) is 0 Å². The van der Waals surface area contributed by atoms with Gasteiger partial charge < -0.3 is 10.2 Å². The Hall–Kier alpha value is -2.03. The molecule has 1 aliphatic rings. The first-order valence-corrected chi connectivity index (χ1v) is 7.75. The molecular formula is C18H22N2O. The third kappa shape index (κ3) is 2.48. The monoisotopic (exact) mass is 282 g/mol. The zero-order valence-corrected chi connectivity index (χ0v) is 12.7. The number of fused-ring (bicyclic) bond motifs is 1. The molecule has 1 aliphatic carbocycles. The smallest absolute Gasteiger partial charge is 0.318 e. The van der Waals surface area contributed by atoms with Crippen LogP contribution in [0.1, 0.15) is 32.3 Å². The van der Waals surface area contributed by atoms with E-state index in [0.29, 0.717) is 0 Å². The second-order valence-corrected chi connectivity index (χ2v) is 5.71. The van der Waals surface area contributed by atoms with E-state index >= 15 is 0 Å². The zero-order chi connectivity index (χ0) is 14.9. The number of benzene rings is 2. The molecule has 0 atom stereocenters. The van der Waals surface area contributed by atoms with E-state index in [2.05, 4.69) is 47.8 Å². The van der Waals surface area contributed by atoms with E-state index in [0.717, 1.165) is 25.9 Å². The second kappa shape index (κ2) is 5.40. The molecule has 2 aromatic carbocycles. The van der Waals surface area contributed by atoms with Gasteiger partial charge in [-0.2, -0.15) is 0 Å². The van der Waals surface area contributed by atoms with Crippen LogP contribution in [0, 0.1) is 0 Å². The molecule has 2 amide bonds. The number of hydrogen-bond donors (Lipinski definition) is 1. The summed E-state index contributed by atoms with van der Waals surface area (Å²) < 4.78 is 0. The molecule has 0 bridgehead atoms. The summed E-state index contributed by atoms with van der Waals surface area (Å²) in [5, 5.41) is 5.75. The Labute approximate surface area is 125 Å². The lowest BCUT2D eigenvalue weighted by molar-refractivity contribution is 0.197. The highest BCUT2D eigenvalue weighted by Crippen LogP contribution is 2.47. The third-order valence-corrected chi connectivity index (χ3v) is 4.45. The molecule has 0 saturated heterocycles. The van der Waals surface area contributed by atoms with Crippen LogP contribution in [0.15, 0.2) is 42.5 Å². The van der Waals surface area contributed by atoms with Crippen molar-refractivity contribution < 1.29 is 4.79 Å². The van der Waals surface area contributed by atoms with Gasteiger partial charge in [-0.05, 0) is 43.0 Å². The van der Waals surface area contributed by atoms with Gasteiger partial charge in [0.15, 0.2) is 0 Å². The number of nitrogens with zero attached hydrogens (tertiary/aromatic N) is 1. The molecule has 3 heteroatoms. The highest BCUT2D eigenvalue weighted by Gasteiger charge is 2.47. The lowest BCUT2D eigenvalue weighted by Gasteiger charge is -2.25. The summed E-state index contributed by atoms with van der Waals surface area (Å²) in [6.45, 7) is 5.52. The Morgan fingerprint density at radius 2 is 1.76 bits per heavy atom. The second-order valence-electron chi connectivity index (χ2n) is 5.71. The number of amides is 2. The fourth-order valence-electron chi connectivity index (χ4n) is 3.02. The van der Waals surface area contributed by atoms with Crippen molar-refractivity contribution in [2.24, 2.45) is 0 Å². The van der Waals surface area contributed by atoms with Crippen LogP contribution in [-0.2, 0) is 5.54 Å². The minimum absolute atomic E-state index is 0.0467. The third-order valence-electron chi connectivity index (χ3n) is 4.45. The highest BCUT2D eigenvalue weighted by atomic mass is 16.2. The molecular weight excluding hydrogens is 260 g/mol. The number of rotatable bonds is 4. The summed E-state index contributed by atoms with van der Waals surface area (Å²) in [5.74, 6) is 0. The highest BCUT2D eigenvalue weighted by molar-refractivity contribution is 5.88. The van der Waals surface area contributed by atoms with Crippen LogP contribution in [-0.4, -0.2) is 24.0 Å². The van der Waals surface area contributed by atoms with Gasteiger partial charge in [-0.3, -0.25) is 0 Å². The first kappa shape index (κ1) is 13.9. The van der Waals surface area contributed by atoms with Crippen LogP contribution < -0.4 is 5.32 Å². The maximum atomic E-state index is 12.4. The number of nitrogens with one attached hydrogen (secondary N) is 1. The number of carbonyl (C=O) groups excluding carboxylic acids is 1. The molecule has 1 fully saturated rings. The summed E-state index contributed by atoms with van der Waals surface area (Å²) in [7, 11) is 0. The Morgan fingerprint density at radius 1 is 1.10 bits per heavy atom. The van der Waals surface area contributed by atoms with Crippen molar-refractivity contribution in [3.63, 3.8) is 0 Å². The Kier molecular flexibility index (Phi) is 3.58. The molecule has 0 aromatic heterocycles. The fourth-order valence-corrected chi connectivity index (χ4v) is 3.02. The molecule has 0 aliphatic heterocycles. The van der Waals surface area contributed by atoms with Crippen molar-refractivity contribution in [3.05, 3.63) is 48.0 Å². The van der Waals surface area contributed by atoms with E-state index in [4.69, 9.17) is 0 Å². The molecule has 2 aromatic rings. The van der Waals surface area contributed by atoms with Crippen LogP contribution in [0.25, 0.3) is 10.8 Å². The summed E-state index contributed by atoms with van der Waals surface area (Å²) in [6, 6.07) is 14.8. The van der Waals surface area contributed by atoms with E-state index < -0.39 is 0 Å². The van der Waals surface area contributed by atoms with Gasteiger partial charge in [0.05, 0.1) is 5.54 Å². The standard InChI is InChI=1S/C18H22N2O/c1-3-20(4-2)17(21)19-18(12-13-18)16-11-7-9-14-8-5-6-10-15(14)16/h5-11H,3-4,12-13H2,1-2H3,(H,19,21). The molecule has 1 N–H and O–H groups in total. The van der Waals surface area contributed by atoms with Gasteiger partial charge in [0.25, 0.3) is 0 Å². The normalized spacial score (nSPS) is 15.7. The summed E-state index contributed by atoms with van der Waals surface area (Å²) in [6.07, 6.45) is 2.04. The topological polar surface area (TPSA) is 32.3 Å². The van der Waals surface area contributed by atoms with Gasteiger partial charge in [-0.25, -0.2) is 4.79 Å². The minimum atomic E-state index is -0.166. The predicted octanol–water partition coefficient (Wildman–Crippen LogP) is 3.88. The van der Waals surface area contributed by atoms with Crippen LogP contribution in [0.3, 0.4) is 0 Å². The van der Waals surface area contributed by atoms with E-state index in [-0.39, 0.29) is 11.6 Å². The van der Waals surface area contributed by atoms with Crippen molar-refractivity contribution in [1.29, 1.82) is 0 Å². The van der Waals surface area contributed by atoms with Crippen molar-refractivity contribution in [1.82, 2.24) is 10.2 Å². The SMILES string of the molecule is CCN(CC)C(=O)NC1(c2cccc3ccccc23)CC1. The number of carbonyl (C=O) groups is 1. The summed E-state index contributed by atoms with van der Waals surface area (Å²) >= 11 is 0. The van der Waals surface area contributed by atoms with Crippen LogP contribution in [0.4, 0.5) is 4.79 Å². The lowest BCUT2D eigenvalue weighted by Crippen LogP contribution is -2.44. The largest absolute Gasteiger partial charge is 0.328 e. The Morgan fingerprint density at radius 3 is 2.43 bits per heavy atom. The average Bonchev–Trinajstić information content (AvgIpc) is 3.28. The number of hydrogen-bond acceptors (Lipinski definition) is 1. The van der Waals surface area contributed by atoms with E-state index in [1.807, 2.05) is 18.7 Å². The van der Waals surface area contributed by atoms with Gasteiger partial charge in [0, 0.05) is 13.1 Å². The maximum absolute atomic E-state index is 12.4. The van der Waals surface area contributed by atoms with E-state index in [9.17, 15) is 4.79 Å². The Balaban J connectivity index is 1.93. The first-order valence-electron chi connectivity index (χ1n) is 7.75. The van der Waals surface area contributed by atoms with Crippen LogP contribution in [0.5, 0.6) is 0 Å². The molecule has 3 nitrogen and oxygen atoms in total. The molecule has 0 spiro atoms. The van der Waals surface area contributed by atoms with Crippen molar-refractivity contribution in [2.75, 3.05) is 13.1 Å². The van der Waals surface area contributed by atoms with E-state index in [1.165, 1.54) is 16.3 Å². The molecule has 3 rings (SSSR count). The molecule has 1 saturated carbocycles. The predicted molar refractivity (Wildman–Crippen MR) is 86.3 cm³/mol. The zero-order valence-electron chi connectivity index (χ0n) is 12.7. The molecule has 21 heavy (non-hydrogen) atoms. The molecule has 110 valence electrons.